The zero-order valence-corrected chi connectivity index (χ0v) is 10.7. The van der Waals surface area contributed by atoms with Gasteiger partial charge in [0.05, 0.1) is 5.54 Å². The van der Waals surface area contributed by atoms with E-state index in [1.807, 2.05) is 0 Å². The molecule has 1 saturated carbocycles. The second-order valence-electron chi connectivity index (χ2n) is 5.42. The van der Waals surface area contributed by atoms with Crippen LogP contribution in [0.1, 0.15) is 45.4 Å². The highest BCUT2D eigenvalue weighted by molar-refractivity contribution is 5.87. The highest BCUT2D eigenvalue weighted by atomic mass is 16.3. The number of rotatable bonds is 4. The van der Waals surface area contributed by atoms with Crippen molar-refractivity contribution >= 4 is 5.91 Å². The van der Waals surface area contributed by atoms with Crippen LogP contribution in [0.25, 0.3) is 0 Å². The van der Waals surface area contributed by atoms with Crippen LogP contribution in [0.15, 0.2) is 0 Å². The van der Waals surface area contributed by atoms with E-state index in [-0.39, 0.29) is 30.0 Å². The van der Waals surface area contributed by atoms with Gasteiger partial charge in [0.15, 0.2) is 0 Å². The van der Waals surface area contributed by atoms with Crippen molar-refractivity contribution in [1.82, 2.24) is 10.6 Å². The van der Waals surface area contributed by atoms with Crippen LogP contribution in [-0.4, -0.2) is 35.7 Å². The number of hydrogen-bond donors (Lipinski definition) is 3. The molecule has 1 amide bonds. The fourth-order valence-electron chi connectivity index (χ4n) is 3.21. The number of nitrogens with one attached hydrogen (secondary N) is 2. The van der Waals surface area contributed by atoms with E-state index < -0.39 is 0 Å². The zero-order chi connectivity index (χ0) is 12.3. The van der Waals surface area contributed by atoms with Crippen LogP contribution in [-0.2, 0) is 4.79 Å². The van der Waals surface area contributed by atoms with E-state index in [1.54, 1.807) is 0 Å². The molecule has 2 aliphatic rings. The van der Waals surface area contributed by atoms with Gasteiger partial charge in [0.2, 0.25) is 5.91 Å². The molecule has 3 unspecified atom stereocenters. The van der Waals surface area contributed by atoms with Gasteiger partial charge in [-0.25, -0.2) is 0 Å². The van der Waals surface area contributed by atoms with Gasteiger partial charge >= 0.3 is 0 Å². The third-order valence-corrected chi connectivity index (χ3v) is 4.49. The molecule has 2 fully saturated rings. The number of carbonyl (C=O) groups is 1. The minimum Gasteiger partial charge on any atom is -0.396 e. The molecule has 0 aromatic rings. The topological polar surface area (TPSA) is 61.4 Å². The third kappa shape index (κ3) is 2.47. The van der Waals surface area contributed by atoms with Crippen molar-refractivity contribution < 1.29 is 9.90 Å². The van der Waals surface area contributed by atoms with Crippen LogP contribution in [0.2, 0.25) is 0 Å². The molecule has 3 N–H and O–H groups in total. The van der Waals surface area contributed by atoms with Crippen LogP contribution >= 0.6 is 0 Å². The lowest BCUT2D eigenvalue weighted by Crippen LogP contribution is -2.56. The first kappa shape index (κ1) is 12.8. The van der Waals surface area contributed by atoms with Crippen molar-refractivity contribution in [2.75, 3.05) is 13.2 Å². The van der Waals surface area contributed by atoms with Crippen LogP contribution in [0.4, 0.5) is 0 Å². The molecule has 0 radical (unpaired) electrons. The largest absolute Gasteiger partial charge is 0.396 e. The Morgan fingerprint density at radius 1 is 1.47 bits per heavy atom. The van der Waals surface area contributed by atoms with Crippen molar-refractivity contribution in [3.63, 3.8) is 0 Å². The SMILES string of the molecule is CCC1(C(=O)NC2CCCC2CO)CCCN1. The highest BCUT2D eigenvalue weighted by Crippen LogP contribution is 2.28. The Hall–Kier alpha value is -0.610. The number of aliphatic hydroxyl groups excluding tert-OH is 1. The van der Waals surface area contributed by atoms with Gasteiger partial charge in [0.1, 0.15) is 0 Å². The summed E-state index contributed by atoms with van der Waals surface area (Å²) in [5.74, 6) is 0.400. The molecule has 0 aromatic carbocycles. The van der Waals surface area contributed by atoms with Crippen LogP contribution in [0.3, 0.4) is 0 Å². The maximum atomic E-state index is 12.4. The quantitative estimate of drug-likeness (QED) is 0.681. The molecule has 0 aromatic heterocycles. The number of hydrogen-bond acceptors (Lipinski definition) is 3. The second kappa shape index (κ2) is 5.36. The van der Waals surface area contributed by atoms with Crippen molar-refractivity contribution in [3.05, 3.63) is 0 Å². The van der Waals surface area contributed by atoms with E-state index in [0.717, 1.165) is 45.1 Å². The van der Waals surface area contributed by atoms with Crippen LogP contribution < -0.4 is 10.6 Å². The van der Waals surface area contributed by atoms with Gasteiger partial charge in [-0.15, -0.1) is 0 Å². The fraction of sp³-hybridized carbons (Fsp3) is 0.923. The second-order valence-corrected chi connectivity index (χ2v) is 5.42. The van der Waals surface area contributed by atoms with E-state index in [9.17, 15) is 9.90 Å². The van der Waals surface area contributed by atoms with Gasteiger partial charge in [-0.1, -0.05) is 13.3 Å². The monoisotopic (exact) mass is 240 g/mol. The van der Waals surface area contributed by atoms with Crippen molar-refractivity contribution in [2.24, 2.45) is 5.92 Å². The molecule has 1 saturated heterocycles. The molecule has 0 bridgehead atoms. The van der Waals surface area contributed by atoms with E-state index in [1.165, 1.54) is 0 Å². The van der Waals surface area contributed by atoms with Crippen LogP contribution in [0, 0.1) is 5.92 Å². The zero-order valence-electron chi connectivity index (χ0n) is 10.7. The standard InChI is InChI=1S/C13H24N2O2/c1-2-13(7-4-8-14-13)12(17)15-11-6-3-5-10(11)9-16/h10-11,14,16H,2-9H2,1H3,(H,15,17). The summed E-state index contributed by atoms with van der Waals surface area (Å²) >= 11 is 0. The Kier molecular flexibility index (Phi) is 4.05. The average Bonchev–Trinajstić information content (AvgIpc) is 2.97. The molecule has 4 heteroatoms. The molecular formula is C13H24N2O2. The fourth-order valence-corrected chi connectivity index (χ4v) is 3.21. The van der Waals surface area contributed by atoms with Gasteiger partial charge in [-0.05, 0) is 38.6 Å². The maximum absolute atomic E-state index is 12.4. The Balaban J connectivity index is 1.96. The lowest BCUT2D eigenvalue weighted by Gasteiger charge is -2.30. The van der Waals surface area contributed by atoms with E-state index in [0.29, 0.717) is 0 Å². The van der Waals surface area contributed by atoms with Crippen molar-refractivity contribution in [2.45, 2.75) is 57.0 Å². The number of aliphatic hydroxyl groups is 1. The van der Waals surface area contributed by atoms with Crippen LogP contribution in [0.5, 0.6) is 0 Å². The molecule has 17 heavy (non-hydrogen) atoms. The Labute approximate surface area is 103 Å². The number of carbonyl (C=O) groups excluding carboxylic acids is 1. The van der Waals surface area contributed by atoms with Crippen molar-refractivity contribution in [3.8, 4) is 0 Å². The maximum Gasteiger partial charge on any atom is 0.240 e. The van der Waals surface area contributed by atoms with E-state index in [2.05, 4.69) is 17.6 Å². The van der Waals surface area contributed by atoms with Gasteiger partial charge < -0.3 is 15.7 Å². The van der Waals surface area contributed by atoms with E-state index >= 15 is 0 Å². The lowest BCUT2D eigenvalue weighted by molar-refractivity contribution is -0.128. The first-order chi connectivity index (χ1) is 8.22. The van der Waals surface area contributed by atoms with Gasteiger partial charge in [-0.3, -0.25) is 4.79 Å². The first-order valence-corrected chi connectivity index (χ1v) is 6.88. The summed E-state index contributed by atoms with van der Waals surface area (Å²) in [6, 6.07) is 0.179. The lowest BCUT2D eigenvalue weighted by atomic mass is 9.92. The summed E-state index contributed by atoms with van der Waals surface area (Å²) in [4.78, 5) is 12.4. The third-order valence-electron chi connectivity index (χ3n) is 4.49. The normalized spacial score (nSPS) is 37.3. The van der Waals surface area contributed by atoms with Gasteiger partial charge in [-0.2, -0.15) is 0 Å². The minimum atomic E-state index is -0.345. The Morgan fingerprint density at radius 2 is 2.29 bits per heavy atom. The predicted octanol–water partition coefficient (Wildman–Crippen LogP) is 0.796. The molecule has 1 aliphatic heterocycles. The summed E-state index contributed by atoms with van der Waals surface area (Å²) in [6.07, 6.45) is 6.02. The predicted molar refractivity (Wildman–Crippen MR) is 66.6 cm³/mol. The molecule has 98 valence electrons. The summed E-state index contributed by atoms with van der Waals surface area (Å²) in [5, 5.41) is 15.8. The first-order valence-electron chi connectivity index (χ1n) is 6.88. The average molecular weight is 240 g/mol. The van der Waals surface area contributed by atoms with Gasteiger partial charge in [0.25, 0.3) is 0 Å². The highest BCUT2D eigenvalue weighted by Gasteiger charge is 2.41. The van der Waals surface area contributed by atoms with E-state index in [4.69, 9.17) is 0 Å². The smallest absolute Gasteiger partial charge is 0.240 e. The summed E-state index contributed by atoms with van der Waals surface area (Å²) < 4.78 is 0. The Morgan fingerprint density at radius 3 is 2.88 bits per heavy atom. The molecular weight excluding hydrogens is 216 g/mol. The molecule has 1 heterocycles. The molecule has 4 nitrogen and oxygen atoms in total. The van der Waals surface area contributed by atoms with Gasteiger partial charge in [0, 0.05) is 18.6 Å². The Bertz CT molecular complexity index is 275. The molecule has 3 atom stereocenters. The summed E-state index contributed by atoms with van der Waals surface area (Å²) in [6.45, 7) is 3.20. The minimum absolute atomic E-state index is 0.142. The molecule has 1 aliphatic carbocycles. The van der Waals surface area contributed by atoms with Crippen molar-refractivity contribution in [1.29, 1.82) is 0 Å². The molecule has 0 spiro atoms. The summed E-state index contributed by atoms with van der Waals surface area (Å²) in [5.41, 5.74) is -0.345. The summed E-state index contributed by atoms with van der Waals surface area (Å²) in [7, 11) is 0. The number of amides is 1. The molecule has 2 rings (SSSR count).